The highest BCUT2D eigenvalue weighted by Gasteiger charge is 2.49. The molecule has 5 atom stereocenters. The first-order chi connectivity index (χ1) is 24.2. The van der Waals surface area contributed by atoms with E-state index in [1.807, 2.05) is 0 Å². The van der Waals surface area contributed by atoms with Crippen LogP contribution in [0.2, 0.25) is 0 Å². The molecule has 9 rings (SSSR count). The normalized spacial score (nSPS) is 26.8. The Balaban J connectivity index is 1.13. The Morgan fingerprint density at radius 1 is 1.02 bits per heavy atom. The Kier molecular flexibility index (Phi) is 7.51. The van der Waals surface area contributed by atoms with Crippen molar-refractivity contribution >= 4 is 27.5 Å². The Bertz CT molecular complexity index is 2060. The number of aromatic hydroxyl groups is 1. The number of hydrogen-bond acceptors (Lipinski definition) is 9. The van der Waals surface area contributed by atoms with E-state index in [0.29, 0.717) is 48.6 Å². The maximum atomic E-state index is 17.1. The highest BCUT2D eigenvalue weighted by molar-refractivity contribution is 6.04. The Labute approximate surface area is 288 Å². The van der Waals surface area contributed by atoms with Crippen LogP contribution in [0.25, 0.3) is 32.9 Å². The first-order valence-electron chi connectivity index (χ1n) is 17.6. The van der Waals surface area contributed by atoms with Crippen molar-refractivity contribution < 1.29 is 27.8 Å². The Hall–Kier alpha value is -4.34. The first kappa shape index (κ1) is 31.6. The lowest BCUT2D eigenvalue weighted by Gasteiger charge is -2.34. The van der Waals surface area contributed by atoms with Crippen molar-refractivity contribution in [2.24, 2.45) is 17.3 Å². The second-order valence-corrected chi connectivity index (χ2v) is 15.0. The van der Waals surface area contributed by atoms with Gasteiger partial charge in [0.2, 0.25) is 5.88 Å². The summed E-state index contributed by atoms with van der Waals surface area (Å²) in [6, 6.07) is 6.03. The quantitative estimate of drug-likeness (QED) is 0.230. The second kappa shape index (κ2) is 11.9. The van der Waals surface area contributed by atoms with Gasteiger partial charge < -0.3 is 29.7 Å². The number of ether oxygens (including phenoxy) is 2. The fraction of sp³-hybridized carbons (Fsp3) is 0.500. The number of phenols is 1. The molecule has 2 saturated carbocycles. The second-order valence-electron chi connectivity index (χ2n) is 15.0. The summed E-state index contributed by atoms with van der Waals surface area (Å²) in [6.45, 7) is 4.20. The van der Waals surface area contributed by atoms with Crippen LogP contribution < -0.4 is 19.7 Å². The van der Waals surface area contributed by atoms with Crippen LogP contribution in [0, 0.1) is 41.2 Å². The van der Waals surface area contributed by atoms with E-state index in [2.05, 4.69) is 31.0 Å². The Morgan fingerprint density at radius 3 is 2.54 bits per heavy atom. The van der Waals surface area contributed by atoms with Gasteiger partial charge in [-0.3, -0.25) is 0 Å². The SMILES string of the molecule is C#Cc1c(F)ccc2cc(O)cc(-c3nc(OC)c4c(N5CC6CCC(C5)N6)nc(OCC5(CN6CC7CCC(F)C7C6)CC5)nc4c3F)c12. The van der Waals surface area contributed by atoms with E-state index in [4.69, 9.17) is 20.9 Å². The van der Waals surface area contributed by atoms with Gasteiger partial charge in [0.1, 0.15) is 40.2 Å². The highest BCUT2D eigenvalue weighted by Crippen LogP contribution is 2.49. The van der Waals surface area contributed by atoms with Gasteiger partial charge in [-0.1, -0.05) is 12.0 Å². The van der Waals surface area contributed by atoms with Gasteiger partial charge >= 0.3 is 6.01 Å². The average molecular weight is 685 g/mol. The molecule has 0 radical (unpaired) electrons. The van der Waals surface area contributed by atoms with Crippen LogP contribution in [0.5, 0.6) is 17.6 Å². The molecule has 3 aliphatic heterocycles. The number of likely N-dealkylation sites (tertiary alicyclic amines) is 1. The number of rotatable bonds is 8. The number of fused-ring (bicyclic) bond motifs is 5. The number of methoxy groups -OCH3 is 1. The van der Waals surface area contributed by atoms with E-state index in [1.165, 1.54) is 31.4 Å². The van der Waals surface area contributed by atoms with Crippen LogP contribution in [-0.4, -0.2) is 89.7 Å². The minimum Gasteiger partial charge on any atom is -0.508 e. The lowest BCUT2D eigenvalue weighted by atomic mass is 9.95. The summed E-state index contributed by atoms with van der Waals surface area (Å²) < 4.78 is 58.7. The summed E-state index contributed by atoms with van der Waals surface area (Å²) >= 11 is 0. The third-order valence-electron chi connectivity index (χ3n) is 11.7. The smallest absolute Gasteiger partial charge is 0.319 e. The topological polar surface area (TPSA) is 95.9 Å². The molecule has 3 saturated heterocycles. The average Bonchev–Trinajstić information content (AvgIpc) is 3.43. The summed E-state index contributed by atoms with van der Waals surface area (Å²) in [7, 11) is 1.45. The lowest BCUT2D eigenvalue weighted by Crippen LogP contribution is -2.51. The molecule has 12 heteroatoms. The fourth-order valence-corrected chi connectivity index (χ4v) is 9.08. The molecule has 2 aliphatic carbocycles. The highest BCUT2D eigenvalue weighted by atomic mass is 19.1. The van der Waals surface area contributed by atoms with Crippen molar-refractivity contribution in [2.45, 2.75) is 56.8 Å². The standard InChI is InChI=1S/C38H39F3N6O3/c1-3-25-28(39)8-4-20-12-24(48)13-26(30(20)25)33-32(41)34-31(36(43-33)49-2)35(47-15-22-6-7-23(16-47)42-22)45-37(44-34)50-19-38(10-11-38)18-46-14-21-5-9-29(40)27(21)17-46/h1,4,8,12-13,21-23,27,29,42,48H,5-7,9-11,14-19H2,2H3. The van der Waals surface area contributed by atoms with Gasteiger partial charge in [-0.2, -0.15) is 9.97 Å². The molecule has 5 heterocycles. The molecular weight excluding hydrogens is 645 g/mol. The number of terminal acetylenes is 1. The number of benzene rings is 2. The maximum absolute atomic E-state index is 17.1. The number of piperazine rings is 1. The number of aromatic nitrogens is 3. The first-order valence-corrected chi connectivity index (χ1v) is 17.6. The van der Waals surface area contributed by atoms with Crippen molar-refractivity contribution in [3.05, 3.63) is 41.5 Å². The molecular formula is C38H39F3N6O3. The van der Waals surface area contributed by atoms with Crippen molar-refractivity contribution in [3.8, 4) is 41.2 Å². The van der Waals surface area contributed by atoms with Crippen LogP contribution >= 0.6 is 0 Å². The molecule has 4 aromatic rings. The van der Waals surface area contributed by atoms with Crippen molar-refractivity contribution in [3.63, 3.8) is 0 Å². The molecule has 2 aromatic carbocycles. The van der Waals surface area contributed by atoms with E-state index < -0.39 is 17.8 Å². The fourth-order valence-electron chi connectivity index (χ4n) is 9.08. The van der Waals surface area contributed by atoms with Gasteiger partial charge in [0.05, 0.1) is 19.3 Å². The zero-order valence-electron chi connectivity index (χ0n) is 27.9. The zero-order valence-corrected chi connectivity index (χ0v) is 27.9. The van der Waals surface area contributed by atoms with Crippen LogP contribution in [0.4, 0.5) is 19.0 Å². The number of alkyl halides is 1. The van der Waals surface area contributed by atoms with Gasteiger partial charge in [-0.25, -0.2) is 18.2 Å². The van der Waals surface area contributed by atoms with Gasteiger partial charge in [0.15, 0.2) is 5.82 Å². The molecule has 0 spiro atoms. The lowest BCUT2D eigenvalue weighted by molar-refractivity contribution is 0.158. The number of nitrogens with one attached hydrogen (secondary N) is 1. The van der Waals surface area contributed by atoms with E-state index in [0.717, 1.165) is 51.7 Å². The summed E-state index contributed by atoms with van der Waals surface area (Å²) in [4.78, 5) is 18.7. The van der Waals surface area contributed by atoms with Gasteiger partial charge in [0.25, 0.3) is 0 Å². The van der Waals surface area contributed by atoms with Gasteiger partial charge in [0, 0.05) is 67.1 Å². The summed E-state index contributed by atoms with van der Waals surface area (Å²) in [5, 5.41) is 15.3. The molecule has 2 aromatic heterocycles. The molecule has 5 aliphatic rings. The molecule has 2 N–H and O–H groups in total. The van der Waals surface area contributed by atoms with Gasteiger partial charge in [-0.05, 0) is 68.0 Å². The number of anilines is 1. The van der Waals surface area contributed by atoms with Crippen molar-refractivity contribution in [1.29, 1.82) is 0 Å². The third-order valence-corrected chi connectivity index (χ3v) is 11.7. The summed E-state index contributed by atoms with van der Waals surface area (Å²) in [5.74, 6) is 1.90. The Morgan fingerprint density at radius 2 is 1.82 bits per heavy atom. The predicted octanol–water partition coefficient (Wildman–Crippen LogP) is 5.60. The maximum Gasteiger partial charge on any atom is 0.319 e. The van der Waals surface area contributed by atoms with E-state index in [9.17, 15) is 13.9 Å². The van der Waals surface area contributed by atoms with E-state index >= 15 is 4.39 Å². The van der Waals surface area contributed by atoms with Crippen LogP contribution in [0.15, 0.2) is 24.3 Å². The predicted molar refractivity (Wildman–Crippen MR) is 183 cm³/mol. The van der Waals surface area contributed by atoms with Crippen LogP contribution in [-0.2, 0) is 0 Å². The number of nitrogens with zero attached hydrogens (tertiary/aromatic N) is 5. The van der Waals surface area contributed by atoms with E-state index in [-0.39, 0.29) is 68.8 Å². The minimum absolute atomic E-state index is 0.0426. The molecule has 50 heavy (non-hydrogen) atoms. The molecule has 5 unspecified atom stereocenters. The largest absolute Gasteiger partial charge is 0.508 e. The monoisotopic (exact) mass is 684 g/mol. The molecule has 2 bridgehead atoms. The number of phenolic OH excluding ortho intramolecular Hbond substituents is 1. The number of hydrogen-bond donors (Lipinski definition) is 2. The molecule has 9 nitrogen and oxygen atoms in total. The molecule has 5 fully saturated rings. The summed E-state index contributed by atoms with van der Waals surface area (Å²) in [6.07, 6.45) is 10.7. The number of pyridine rings is 1. The van der Waals surface area contributed by atoms with E-state index in [1.54, 1.807) is 0 Å². The minimum atomic E-state index is -0.794. The molecule has 260 valence electrons. The van der Waals surface area contributed by atoms with Crippen LogP contribution in [0.3, 0.4) is 0 Å². The number of halogens is 3. The van der Waals surface area contributed by atoms with Crippen molar-refractivity contribution in [2.75, 3.05) is 51.3 Å². The summed E-state index contributed by atoms with van der Waals surface area (Å²) in [5.41, 5.74) is -0.306. The zero-order chi connectivity index (χ0) is 34.3. The molecule has 0 amide bonds. The van der Waals surface area contributed by atoms with Crippen molar-refractivity contribution in [1.82, 2.24) is 25.2 Å². The van der Waals surface area contributed by atoms with Crippen LogP contribution in [0.1, 0.15) is 44.1 Å². The van der Waals surface area contributed by atoms with Gasteiger partial charge in [-0.15, -0.1) is 6.42 Å². The third kappa shape index (κ3) is 5.28.